The SMILES string of the molecule is CCN(CCC(=O)O)C(=O)CC(C)C(C)(C)C. The van der Waals surface area contributed by atoms with Gasteiger partial charge in [0.2, 0.25) is 5.91 Å². The van der Waals surface area contributed by atoms with Crippen molar-refractivity contribution in [3.05, 3.63) is 0 Å². The Bertz CT molecular complexity index is 268. The quantitative estimate of drug-likeness (QED) is 0.779. The van der Waals surface area contributed by atoms with Crippen LogP contribution in [0.15, 0.2) is 0 Å². The van der Waals surface area contributed by atoms with Gasteiger partial charge in [-0.05, 0) is 18.3 Å². The Morgan fingerprint density at radius 2 is 1.82 bits per heavy atom. The molecule has 0 aliphatic heterocycles. The third-order valence-electron chi connectivity index (χ3n) is 3.29. The lowest BCUT2D eigenvalue weighted by Gasteiger charge is -2.29. The second-order valence-corrected chi connectivity index (χ2v) is 5.59. The molecule has 17 heavy (non-hydrogen) atoms. The van der Waals surface area contributed by atoms with Crippen LogP contribution >= 0.6 is 0 Å². The largest absolute Gasteiger partial charge is 0.481 e. The Morgan fingerprint density at radius 1 is 1.29 bits per heavy atom. The van der Waals surface area contributed by atoms with E-state index in [1.807, 2.05) is 6.92 Å². The van der Waals surface area contributed by atoms with Gasteiger partial charge in [0.1, 0.15) is 0 Å². The molecular formula is C13H25NO3. The smallest absolute Gasteiger partial charge is 0.305 e. The van der Waals surface area contributed by atoms with Gasteiger partial charge in [-0.1, -0.05) is 27.7 Å². The van der Waals surface area contributed by atoms with Crippen LogP contribution in [-0.2, 0) is 9.59 Å². The summed E-state index contributed by atoms with van der Waals surface area (Å²) in [6.45, 7) is 11.1. The first-order valence-corrected chi connectivity index (χ1v) is 6.18. The van der Waals surface area contributed by atoms with Crippen LogP contribution in [0, 0.1) is 11.3 Å². The van der Waals surface area contributed by atoms with Crippen molar-refractivity contribution in [1.29, 1.82) is 0 Å². The zero-order valence-corrected chi connectivity index (χ0v) is 11.6. The van der Waals surface area contributed by atoms with Gasteiger partial charge in [0.15, 0.2) is 0 Å². The standard InChI is InChI=1S/C13H25NO3/c1-6-14(8-7-12(16)17)11(15)9-10(2)13(3,4)5/h10H,6-9H2,1-5H3,(H,16,17). The summed E-state index contributed by atoms with van der Waals surface area (Å²) in [7, 11) is 0. The van der Waals surface area contributed by atoms with Crippen LogP contribution in [0.1, 0.15) is 47.5 Å². The Labute approximate surface area is 104 Å². The maximum atomic E-state index is 12.0. The van der Waals surface area contributed by atoms with Gasteiger partial charge in [-0.2, -0.15) is 0 Å². The summed E-state index contributed by atoms with van der Waals surface area (Å²) >= 11 is 0. The normalized spacial score (nSPS) is 13.2. The number of carboxylic acid groups (broad SMARTS) is 1. The molecule has 0 saturated heterocycles. The van der Waals surface area contributed by atoms with Crippen molar-refractivity contribution < 1.29 is 14.7 Å². The Hall–Kier alpha value is -1.06. The van der Waals surface area contributed by atoms with Gasteiger partial charge in [-0.15, -0.1) is 0 Å². The minimum Gasteiger partial charge on any atom is -0.481 e. The molecule has 0 radical (unpaired) electrons. The molecule has 1 atom stereocenters. The molecular weight excluding hydrogens is 218 g/mol. The van der Waals surface area contributed by atoms with Crippen LogP contribution in [0.2, 0.25) is 0 Å². The molecule has 1 amide bonds. The summed E-state index contributed by atoms with van der Waals surface area (Å²) in [6.07, 6.45) is 0.500. The van der Waals surface area contributed by atoms with Crippen LogP contribution in [0.5, 0.6) is 0 Å². The van der Waals surface area contributed by atoms with E-state index < -0.39 is 5.97 Å². The van der Waals surface area contributed by atoms with E-state index in [0.29, 0.717) is 19.5 Å². The summed E-state index contributed by atoms with van der Waals surface area (Å²) in [5.74, 6) is -0.523. The monoisotopic (exact) mass is 243 g/mol. The van der Waals surface area contributed by atoms with E-state index in [1.54, 1.807) is 4.90 Å². The zero-order valence-electron chi connectivity index (χ0n) is 11.6. The summed E-state index contributed by atoms with van der Waals surface area (Å²) in [5, 5.41) is 8.61. The van der Waals surface area contributed by atoms with Crippen molar-refractivity contribution >= 4 is 11.9 Å². The maximum absolute atomic E-state index is 12.0. The topological polar surface area (TPSA) is 57.6 Å². The van der Waals surface area contributed by atoms with Gasteiger partial charge in [0.25, 0.3) is 0 Å². The first kappa shape index (κ1) is 15.9. The minimum atomic E-state index is -0.861. The number of carbonyl (C=O) groups excluding carboxylic acids is 1. The molecule has 0 bridgehead atoms. The number of carbonyl (C=O) groups is 2. The molecule has 0 aliphatic rings. The number of carboxylic acids is 1. The van der Waals surface area contributed by atoms with Crippen molar-refractivity contribution in [3.63, 3.8) is 0 Å². The highest BCUT2D eigenvalue weighted by Crippen LogP contribution is 2.28. The van der Waals surface area contributed by atoms with Gasteiger partial charge in [-0.3, -0.25) is 9.59 Å². The molecule has 0 rings (SSSR count). The fraction of sp³-hybridized carbons (Fsp3) is 0.846. The van der Waals surface area contributed by atoms with Crippen molar-refractivity contribution in [2.45, 2.75) is 47.5 Å². The molecule has 100 valence electrons. The van der Waals surface area contributed by atoms with E-state index in [9.17, 15) is 9.59 Å². The second kappa shape index (κ2) is 6.62. The zero-order chi connectivity index (χ0) is 13.6. The highest BCUT2D eigenvalue weighted by molar-refractivity contribution is 5.77. The molecule has 0 aliphatic carbocycles. The second-order valence-electron chi connectivity index (χ2n) is 5.59. The lowest BCUT2D eigenvalue weighted by Crippen LogP contribution is -2.35. The first-order valence-electron chi connectivity index (χ1n) is 6.18. The molecule has 0 aromatic heterocycles. The molecule has 0 aromatic carbocycles. The molecule has 0 heterocycles. The highest BCUT2D eigenvalue weighted by Gasteiger charge is 2.24. The molecule has 0 fully saturated rings. The lowest BCUT2D eigenvalue weighted by atomic mass is 9.80. The summed E-state index contributed by atoms with van der Waals surface area (Å²) in [4.78, 5) is 24.1. The predicted molar refractivity (Wildman–Crippen MR) is 67.7 cm³/mol. The van der Waals surface area contributed by atoms with Gasteiger partial charge in [0, 0.05) is 19.5 Å². The molecule has 1 unspecified atom stereocenters. The van der Waals surface area contributed by atoms with Crippen molar-refractivity contribution in [2.24, 2.45) is 11.3 Å². The predicted octanol–water partition coefficient (Wildman–Crippen LogP) is 2.38. The van der Waals surface area contributed by atoms with Crippen molar-refractivity contribution in [1.82, 2.24) is 4.90 Å². The van der Waals surface area contributed by atoms with Gasteiger partial charge in [-0.25, -0.2) is 0 Å². The minimum absolute atomic E-state index is 0.0173. The summed E-state index contributed by atoms with van der Waals surface area (Å²) in [5.41, 5.74) is 0.0991. The molecule has 1 N–H and O–H groups in total. The summed E-state index contributed by atoms with van der Waals surface area (Å²) < 4.78 is 0. The van der Waals surface area contributed by atoms with Gasteiger partial charge < -0.3 is 10.0 Å². The van der Waals surface area contributed by atoms with E-state index in [-0.39, 0.29) is 23.7 Å². The number of nitrogens with zero attached hydrogens (tertiary/aromatic N) is 1. The van der Waals surface area contributed by atoms with E-state index >= 15 is 0 Å². The molecule has 4 nitrogen and oxygen atoms in total. The Balaban J connectivity index is 4.31. The molecule has 4 heteroatoms. The summed E-state index contributed by atoms with van der Waals surface area (Å²) in [6, 6.07) is 0. The molecule has 0 saturated carbocycles. The Morgan fingerprint density at radius 3 is 2.18 bits per heavy atom. The van der Waals surface area contributed by atoms with Crippen LogP contribution in [0.25, 0.3) is 0 Å². The molecule has 0 spiro atoms. The number of rotatable bonds is 6. The lowest BCUT2D eigenvalue weighted by molar-refractivity contribution is -0.138. The fourth-order valence-electron chi connectivity index (χ4n) is 1.39. The number of aliphatic carboxylic acids is 1. The third kappa shape index (κ3) is 6.29. The van der Waals surface area contributed by atoms with Crippen LogP contribution in [0.4, 0.5) is 0 Å². The van der Waals surface area contributed by atoms with Crippen LogP contribution in [-0.4, -0.2) is 35.0 Å². The number of hydrogen-bond acceptors (Lipinski definition) is 2. The fourth-order valence-corrected chi connectivity index (χ4v) is 1.39. The van der Waals surface area contributed by atoms with Crippen molar-refractivity contribution in [2.75, 3.05) is 13.1 Å². The number of hydrogen-bond donors (Lipinski definition) is 1. The first-order chi connectivity index (χ1) is 7.68. The van der Waals surface area contributed by atoms with Gasteiger partial charge >= 0.3 is 5.97 Å². The van der Waals surface area contributed by atoms with Crippen LogP contribution in [0.3, 0.4) is 0 Å². The average molecular weight is 243 g/mol. The molecule has 0 aromatic rings. The average Bonchev–Trinajstić information content (AvgIpc) is 2.16. The third-order valence-corrected chi connectivity index (χ3v) is 3.29. The van der Waals surface area contributed by atoms with Crippen molar-refractivity contribution in [3.8, 4) is 0 Å². The number of amides is 1. The van der Waals surface area contributed by atoms with E-state index in [0.717, 1.165) is 0 Å². The van der Waals surface area contributed by atoms with E-state index in [2.05, 4.69) is 27.7 Å². The van der Waals surface area contributed by atoms with Gasteiger partial charge in [0.05, 0.1) is 6.42 Å². The highest BCUT2D eigenvalue weighted by atomic mass is 16.4. The van der Waals surface area contributed by atoms with Crippen LogP contribution < -0.4 is 0 Å². The Kier molecular flexibility index (Phi) is 6.21. The van der Waals surface area contributed by atoms with E-state index in [4.69, 9.17) is 5.11 Å². The maximum Gasteiger partial charge on any atom is 0.305 e. The van der Waals surface area contributed by atoms with E-state index in [1.165, 1.54) is 0 Å².